The molecule has 126 valence electrons. The van der Waals surface area contributed by atoms with Gasteiger partial charge in [0.15, 0.2) is 0 Å². The fourth-order valence-electron chi connectivity index (χ4n) is 3.51. The molecule has 2 heterocycles. The molecule has 1 aliphatic rings. The van der Waals surface area contributed by atoms with Gasteiger partial charge in [0.1, 0.15) is 11.9 Å². The molecule has 2 aromatic heterocycles. The first-order valence-electron chi connectivity index (χ1n) is 8.36. The van der Waals surface area contributed by atoms with Gasteiger partial charge in [-0.2, -0.15) is 0 Å². The van der Waals surface area contributed by atoms with E-state index in [1.807, 2.05) is 12.1 Å². The van der Waals surface area contributed by atoms with Gasteiger partial charge in [-0.1, -0.05) is 6.07 Å². The number of halogens is 1. The number of aromatic nitrogens is 2. The van der Waals surface area contributed by atoms with E-state index >= 15 is 0 Å². The minimum atomic E-state index is -0.621. The molecule has 0 radical (unpaired) electrons. The van der Waals surface area contributed by atoms with Gasteiger partial charge in [0.2, 0.25) is 0 Å². The molecule has 0 aliphatic heterocycles. The molecule has 2 unspecified atom stereocenters. The number of fused-ring (bicyclic) bond motifs is 1. The average Bonchev–Trinajstić information content (AvgIpc) is 3.10. The Labute approximate surface area is 144 Å². The maximum Gasteiger partial charge on any atom is 0.341 e. The Balaban J connectivity index is 1.58. The number of carbonyl (C=O) groups is 1. The van der Waals surface area contributed by atoms with Crippen LogP contribution in [-0.4, -0.2) is 22.0 Å². The number of hydrogen-bond donors (Lipinski definition) is 0. The van der Waals surface area contributed by atoms with Crippen molar-refractivity contribution in [1.29, 1.82) is 0 Å². The number of nitrogens with zero attached hydrogens (tertiary/aromatic N) is 2. The summed E-state index contributed by atoms with van der Waals surface area (Å²) >= 11 is 0. The third-order valence-corrected chi connectivity index (χ3v) is 4.77. The van der Waals surface area contributed by atoms with Gasteiger partial charge in [-0.05, 0) is 54.5 Å². The number of esters is 1. The Hall–Kier alpha value is -2.82. The number of carbonyl (C=O) groups excluding carboxylic acids is 1. The van der Waals surface area contributed by atoms with Crippen molar-refractivity contribution < 1.29 is 13.9 Å². The number of benzene rings is 1. The van der Waals surface area contributed by atoms with Crippen LogP contribution in [0.5, 0.6) is 0 Å². The van der Waals surface area contributed by atoms with Gasteiger partial charge in [-0.3, -0.25) is 9.97 Å². The van der Waals surface area contributed by atoms with E-state index in [0.29, 0.717) is 10.8 Å². The van der Waals surface area contributed by atoms with Crippen LogP contribution in [0, 0.1) is 5.82 Å². The largest absolute Gasteiger partial charge is 0.458 e. The topological polar surface area (TPSA) is 52.1 Å². The SMILES string of the molecule is O=C(OC1CCCC1c1cccnc1)c1cc2cnccc2cc1F. The zero-order chi connectivity index (χ0) is 17.2. The van der Waals surface area contributed by atoms with Gasteiger partial charge < -0.3 is 4.74 Å². The Morgan fingerprint density at radius 2 is 1.96 bits per heavy atom. The fourth-order valence-corrected chi connectivity index (χ4v) is 3.51. The minimum Gasteiger partial charge on any atom is -0.458 e. The molecule has 4 rings (SSSR count). The highest BCUT2D eigenvalue weighted by atomic mass is 19.1. The first-order valence-corrected chi connectivity index (χ1v) is 8.36. The number of rotatable bonds is 3. The van der Waals surface area contributed by atoms with Gasteiger partial charge in [0.05, 0.1) is 5.56 Å². The molecular weight excluding hydrogens is 319 g/mol. The van der Waals surface area contributed by atoms with Crippen LogP contribution in [0.25, 0.3) is 10.8 Å². The molecule has 5 heteroatoms. The molecule has 25 heavy (non-hydrogen) atoms. The van der Waals surface area contributed by atoms with E-state index < -0.39 is 11.8 Å². The Morgan fingerprint density at radius 3 is 2.80 bits per heavy atom. The molecule has 0 spiro atoms. The number of ether oxygens (including phenoxy) is 1. The van der Waals surface area contributed by atoms with Crippen molar-refractivity contribution in [2.75, 3.05) is 0 Å². The summed E-state index contributed by atoms with van der Waals surface area (Å²) in [4.78, 5) is 20.7. The Bertz CT molecular complexity index is 914. The highest BCUT2D eigenvalue weighted by Gasteiger charge is 2.32. The van der Waals surface area contributed by atoms with Crippen LogP contribution in [0.15, 0.2) is 55.1 Å². The molecule has 1 aliphatic carbocycles. The van der Waals surface area contributed by atoms with Gasteiger partial charge in [-0.25, -0.2) is 9.18 Å². The standard InChI is InChI=1S/C20H17FN2O2/c21-18-10-13-6-8-23-12-15(13)9-17(18)20(24)25-19-5-1-4-16(19)14-3-2-7-22-11-14/h2-3,6-12,16,19H,1,4-5H2. The van der Waals surface area contributed by atoms with E-state index in [1.54, 1.807) is 30.9 Å². The lowest BCUT2D eigenvalue weighted by Crippen LogP contribution is -2.22. The van der Waals surface area contributed by atoms with Gasteiger partial charge in [0.25, 0.3) is 0 Å². The molecule has 4 nitrogen and oxygen atoms in total. The van der Waals surface area contributed by atoms with Crippen LogP contribution in [0.4, 0.5) is 4.39 Å². The lowest BCUT2D eigenvalue weighted by Gasteiger charge is -2.20. The van der Waals surface area contributed by atoms with Gasteiger partial charge in [0, 0.05) is 36.1 Å². The first kappa shape index (κ1) is 15.7. The molecule has 2 atom stereocenters. The number of pyridine rings is 2. The van der Waals surface area contributed by atoms with Gasteiger partial charge >= 0.3 is 5.97 Å². The first-order chi connectivity index (χ1) is 12.2. The monoisotopic (exact) mass is 336 g/mol. The second kappa shape index (κ2) is 6.59. The fraction of sp³-hybridized carbons (Fsp3) is 0.250. The van der Waals surface area contributed by atoms with Crippen LogP contribution in [-0.2, 0) is 4.74 Å². The molecule has 0 saturated heterocycles. The van der Waals surface area contributed by atoms with E-state index in [-0.39, 0.29) is 17.6 Å². The van der Waals surface area contributed by atoms with Crippen molar-refractivity contribution in [3.63, 3.8) is 0 Å². The minimum absolute atomic E-state index is 0.0441. The van der Waals surface area contributed by atoms with Crippen molar-refractivity contribution in [3.05, 3.63) is 72.1 Å². The van der Waals surface area contributed by atoms with Crippen LogP contribution < -0.4 is 0 Å². The maximum atomic E-state index is 14.3. The Morgan fingerprint density at radius 1 is 1.08 bits per heavy atom. The van der Waals surface area contributed by atoms with Crippen molar-refractivity contribution in [2.24, 2.45) is 0 Å². The maximum absolute atomic E-state index is 14.3. The average molecular weight is 336 g/mol. The highest BCUT2D eigenvalue weighted by Crippen LogP contribution is 2.37. The normalized spacial score (nSPS) is 19.9. The molecule has 3 aromatic rings. The molecule has 0 N–H and O–H groups in total. The van der Waals surface area contributed by atoms with E-state index in [2.05, 4.69) is 9.97 Å². The molecular formula is C20H17FN2O2. The summed E-state index contributed by atoms with van der Waals surface area (Å²) in [5.74, 6) is -1.08. The lowest BCUT2D eigenvalue weighted by molar-refractivity contribution is 0.0274. The zero-order valence-electron chi connectivity index (χ0n) is 13.6. The van der Waals surface area contributed by atoms with Crippen molar-refractivity contribution in [1.82, 2.24) is 9.97 Å². The van der Waals surface area contributed by atoms with Gasteiger partial charge in [-0.15, -0.1) is 0 Å². The van der Waals surface area contributed by atoms with Crippen LogP contribution in [0.1, 0.15) is 41.1 Å². The second-order valence-corrected chi connectivity index (χ2v) is 6.32. The van der Waals surface area contributed by atoms with Crippen LogP contribution in [0.2, 0.25) is 0 Å². The third kappa shape index (κ3) is 3.09. The summed E-state index contributed by atoms with van der Waals surface area (Å²) in [6, 6.07) is 8.44. The predicted octanol–water partition coefficient (Wildman–Crippen LogP) is 4.26. The van der Waals surface area contributed by atoms with Crippen LogP contribution >= 0.6 is 0 Å². The second-order valence-electron chi connectivity index (χ2n) is 6.32. The van der Waals surface area contributed by atoms with E-state index in [4.69, 9.17) is 4.74 Å². The van der Waals surface area contributed by atoms with Crippen molar-refractivity contribution in [2.45, 2.75) is 31.3 Å². The zero-order valence-corrected chi connectivity index (χ0v) is 13.6. The Kier molecular flexibility index (Phi) is 4.14. The highest BCUT2D eigenvalue weighted by molar-refractivity contribution is 5.95. The summed E-state index contributed by atoms with van der Waals surface area (Å²) in [7, 11) is 0. The van der Waals surface area contributed by atoms with Crippen LogP contribution in [0.3, 0.4) is 0 Å². The molecule has 1 fully saturated rings. The number of hydrogen-bond acceptors (Lipinski definition) is 4. The van der Waals surface area contributed by atoms with Crippen molar-refractivity contribution >= 4 is 16.7 Å². The summed E-state index contributed by atoms with van der Waals surface area (Å²) in [6.07, 6.45) is 9.17. The lowest BCUT2D eigenvalue weighted by atomic mass is 9.97. The predicted molar refractivity (Wildman–Crippen MR) is 91.7 cm³/mol. The summed E-state index contributed by atoms with van der Waals surface area (Å²) in [6.45, 7) is 0. The molecule has 0 amide bonds. The molecule has 1 aromatic carbocycles. The molecule has 0 bridgehead atoms. The molecule has 1 saturated carbocycles. The van der Waals surface area contributed by atoms with E-state index in [0.717, 1.165) is 24.8 Å². The summed E-state index contributed by atoms with van der Waals surface area (Å²) < 4.78 is 20.0. The van der Waals surface area contributed by atoms with E-state index in [1.165, 1.54) is 12.1 Å². The summed E-state index contributed by atoms with van der Waals surface area (Å²) in [5.41, 5.74) is 1.01. The smallest absolute Gasteiger partial charge is 0.341 e. The third-order valence-electron chi connectivity index (χ3n) is 4.77. The van der Waals surface area contributed by atoms with E-state index in [9.17, 15) is 9.18 Å². The summed E-state index contributed by atoms with van der Waals surface area (Å²) in [5, 5.41) is 1.42. The quantitative estimate of drug-likeness (QED) is 0.671. The van der Waals surface area contributed by atoms with Crippen molar-refractivity contribution in [3.8, 4) is 0 Å².